The van der Waals surface area contributed by atoms with Gasteiger partial charge in [0.15, 0.2) is 0 Å². The predicted molar refractivity (Wildman–Crippen MR) is 225 cm³/mol. The quantitative estimate of drug-likeness (QED) is 0.167. The van der Waals surface area contributed by atoms with Gasteiger partial charge < -0.3 is 4.42 Å². The van der Waals surface area contributed by atoms with E-state index in [0.717, 1.165) is 16.3 Å². The van der Waals surface area contributed by atoms with Crippen molar-refractivity contribution in [2.24, 2.45) is 0 Å². The summed E-state index contributed by atoms with van der Waals surface area (Å²) in [6.45, 7) is 0. The molecule has 0 aliphatic carbocycles. The molecule has 1 heterocycles. The molecular weight excluding hydrogens is 641 g/mol. The lowest BCUT2D eigenvalue weighted by Crippen LogP contribution is -1.92. The lowest BCUT2D eigenvalue weighted by Gasteiger charge is -2.20. The first-order valence-corrected chi connectivity index (χ1v) is 16.7. The molecule has 0 amide bonds. The van der Waals surface area contributed by atoms with Crippen molar-refractivity contribution in [1.29, 1.82) is 0 Å². The van der Waals surface area contributed by atoms with Crippen LogP contribution in [-0.4, -0.2) is 0 Å². The second kappa shape index (κ2) is 11.8. The summed E-state index contributed by atoms with van der Waals surface area (Å²) >= 11 is 0. The Labute approximate surface area is 333 Å². The first-order chi connectivity index (χ1) is 34.2. The highest BCUT2D eigenvalue weighted by Gasteiger charge is 2.20. The summed E-state index contributed by atoms with van der Waals surface area (Å²) in [4.78, 5) is 0. The zero-order valence-electron chi connectivity index (χ0n) is 46.4. The molecule has 0 bridgehead atoms. The molecule has 0 unspecified atom stereocenters. The van der Waals surface area contributed by atoms with Crippen molar-refractivity contribution in [3.63, 3.8) is 0 Å². The monoisotopic (exact) mass is 691 g/mol. The number of rotatable bonds is 4. The van der Waals surface area contributed by atoms with Gasteiger partial charge in [0.05, 0.1) is 26.0 Å². The van der Waals surface area contributed by atoms with Gasteiger partial charge in [-0.05, 0) is 94.1 Å². The Morgan fingerprint density at radius 1 is 0.340 bits per heavy atom. The van der Waals surface area contributed by atoms with Gasteiger partial charge in [-0.1, -0.05) is 182 Å². The molecule has 1 heteroatoms. The van der Waals surface area contributed by atoms with E-state index in [1.807, 2.05) is 54.6 Å². The van der Waals surface area contributed by atoms with Crippen LogP contribution in [-0.2, 0) is 0 Å². The molecular formula is C52H32O. The van der Waals surface area contributed by atoms with Gasteiger partial charge in [-0.3, -0.25) is 0 Å². The maximum Gasteiger partial charge on any atom is 0.143 e. The normalized spacial score (nSPS) is 16.8. The molecule has 10 aromatic carbocycles. The number of hydrogen-bond donors (Lipinski definition) is 0. The van der Waals surface area contributed by atoms with Crippen molar-refractivity contribution in [3.05, 3.63) is 194 Å². The van der Waals surface area contributed by atoms with Gasteiger partial charge >= 0.3 is 0 Å². The molecule has 1 nitrogen and oxygen atoms in total. The maximum absolute atomic E-state index is 9.60. The standard InChI is InChI=1S/C52H32O/c1-2-13-36-32-37(29-26-33(36)12-1)34-24-27-35(28-25-34)50-42-17-5-7-19-44(42)51(45-20-8-6-18-43(45)50)46-31-30-40(38-14-3-4-15-39(38)46)47-21-11-22-48-41-16-9-10-23-49(41)53-52(47)48/h1-32H/i1D,2D,5D,6D,7D,8D,12D,13D,17D,18D,19D,20D,24D,25D,26D,27D,28D,29D,32D. The number of fused-ring (bicyclic) bond motifs is 7. The number of para-hydroxylation sites is 2. The third-order valence-electron chi connectivity index (χ3n) is 9.64. The van der Waals surface area contributed by atoms with E-state index >= 15 is 0 Å². The molecule has 0 aliphatic heterocycles. The summed E-state index contributed by atoms with van der Waals surface area (Å²) in [7, 11) is 0. The van der Waals surface area contributed by atoms with Gasteiger partial charge in [0.25, 0.3) is 0 Å². The summed E-state index contributed by atoms with van der Waals surface area (Å²) in [6, 6.07) is 9.48. The number of furan rings is 1. The molecule has 0 atom stereocenters. The largest absolute Gasteiger partial charge is 0.455 e. The maximum atomic E-state index is 9.60. The summed E-state index contributed by atoms with van der Waals surface area (Å²) in [5.74, 6) is 0. The number of hydrogen-bond acceptors (Lipinski definition) is 1. The Kier molecular flexibility index (Phi) is 3.69. The van der Waals surface area contributed by atoms with Gasteiger partial charge in [0, 0.05) is 16.3 Å². The summed E-state index contributed by atoms with van der Waals surface area (Å²) in [5, 5.41) is 0.693. The van der Waals surface area contributed by atoms with Gasteiger partial charge in [-0.25, -0.2) is 0 Å². The molecule has 0 spiro atoms. The Morgan fingerprint density at radius 2 is 0.887 bits per heavy atom. The molecule has 11 rings (SSSR count). The van der Waals surface area contributed by atoms with Crippen molar-refractivity contribution in [2.75, 3.05) is 0 Å². The van der Waals surface area contributed by atoms with E-state index in [1.165, 1.54) is 0 Å². The molecule has 53 heavy (non-hydrogen) atoms. The van der Waals surface area contributed by atoms with Crippen LogP contribution in [0.1, 0.15) is 26.0 Å². The molecule has 0 fully saturated rings. The topological polar surface area (TPSA) is 13.1 Å². The van der Waals surface area contributed by atoms with E-state index in [2.05, 4.69) is 0 Å². The van der Waals surface area contributed by atoms with Crippen molar-refractivity contribution >= 4 is 65.0 Å². The van der Waals surface area contributed by atoms with Crippen LogP contribution in [0.15, 0.2) is 198 Å². The van der Waals surface area contributed by atoms with Crippen LogP contribution in [0, 0.1) is 0 Å². The minimum Gasteiger partial charge on any atom is -0.455 e. The van der Waals surface area contributed by atoms with E-state index in [0.29, 0.717) is 33.1 Å². The van der Waals surface area contributed by atoms with Crippen LogP contribution in [0.25, 0.3) is 110 Å². The highest BCUT2D eigenvalue weighted by Crippen LogP contribution is 2.47. The van der Waals surface area contributed by atoms with E-state index in [1.54, 1.807) is 24.3 Å². The molecule has 0 aliphatic rings. The molecule has 1 aromatic heterocycles. The zero-order valence-corrected chi connectivity index (χ0v) is 27.4. The van der Waals surface area contributed by atoms with Gasteiger partial charge in [0.2, 0.25) is 0 Å². The Balaban J connectivity index is 1.29. The minimum atomic E-state index is -0.916. The lowest BCUT2D eigenvalue weighted by atomic mass is 9.83. The molecule has 11 aromatic rings. The third-order valence-corrected chi connectivity index (χ3v) is 9.64. The Hall–Kier alpha value is -6.96. The fourth-order valence-electron chi connectivity index (χ4n) is 7.32. The SMILES string of the molecule is [2H]c1c([2H])c(-c2c3c([2H])c([2H])c([2H])c([2H])c3c(-c3ccc(-c4cccc5c4oc4ccccc45)c4ccccc34)c3c([2H])c([2H])c([2H])c([2H])c23)c([2H])c([2H])c1-c1c([2H])c([2H])c2c([2H])c([2H])c([2H])c([2H])c2c1[2H]. The fraction of sp³-hybridized carbons (Fsp3) is 0. The molecule has 0 radical (unpaired) electrons. The second-order valence-corrected chi connectivity index (χ2v) is 12.5. The van der Waals surface area contributed by atoms with Crippen LogP contribution in [0.4, 0.5) is 0 Å². The predicted octanol–water partition coefficient (Wildman–Crippen LogP) is 14.9. The molecule has 0 saturated carbocycles. The minimum absolute atomic E-state index is 0.0271. The van der Waals surface area contributed by atoms with E-state index in [-0.39, 0.29) is 27.1 Å². The van der Waals surface area contributed by atoms with Crippen molar-refractivity contribution in [2.45, 2.75) is 0 Å². The fourth-order valence-corrected chi connectivity index (χ4v) is 7.32. The first kappa shape index (κ1) is 16.6. The average Bonchev–Trinajstić information content (AvgIpc) is 3.77. The van der Waals surface area contributed by atoms with Gasteiger partial charge in [-0.2, -0.15) is 0 Å². The van der Waals surface area contributed by atoms with Crippen molar-refractivity contribution in [1.82, 2.24) is 0 Å². The van der Waals surface area contributed by atoms with E-state index in [4.69, 9.17) is 19.5 Å². The van der Waals surface area contributed by atoms with Crippen molar-refractivity contribution in [3.8, 4) is 44.5 Å². The third kappa shape index (κ3) is 4.64. The average molecular weight is 692 g/mol. The van der Waals surface area contributed by atoms with E-state index in [9.17, 15) is 11.0 Å². The van der Waals surface area contributed by atoms with Gasteiger partial charge in [0.1, 0.15) is 11.2 Å². The van der Waals surface area contributed by atoms with Crippen molar-refractivity contribution < 1.29 is 30.5 Å². The highest BCUT2D eigenvalue weighted by molar-refractivity contribution is 6.24. The van der Waals surface area contributed by atoms with Crippen LogP contribution < -0.4 is 0 Å². The second-order valence-electron chi connectivity index (χ2n) is 12.5. The highest BCUT2D eigenvalue weighted by atomic mass is 16.3. The summed E-state index contributed by atoms with van der Waals surface area (Å²) in [5.41, 5.74) is 0.540. The molecule has 246 valence electrons. The van der Waals surface area contributed by atoms with Gasteiger partial charge in [-0.15, -0.1) is 0 Å². The summed E-state index contributed by atoms with van der Waals surface area (Å²) in [6.07, 6.45) is 0. The molecule has 0 N–H and O–H groups in total. The van der Waals surface area contributed by atoms with Crippen LogP contribution in [0.5, 0.6) is 0 Å². The van der Waals surface area contributed by atoms with Crippen LogP contribution in [0.3, 0.4) is 0 Å². The summed E-state index contributed by atoms with van der Waals surface area (Å²) < 4.78 is 179. The number of benzene rings is 10. The first-order valence-electron chi connectivity index (χ1n) is 26.2. The smallest absolute Gasteiger partial charge is 0.143 e. The Morgan fingerprint density at radius 3 is 1.62 bits per heavy atom. The van der Waals surface area contributed by atoms with Crippen LogP contribution in [0.2, 0.25) is 0 Å². The Bertz CT molecular complexity index is 4220. The molecule has 0 saturated heterocycles. The zero-order chi connectivity index (χ0) is 51.4. The van der Waals surface area contributed by atoms with E-state index < -0.39 is 148 Å². The lowest BCUT2D eigenvalue weighted by molar-refractivity contribution is 0.670. The van der Waals surface area contributed by atoms with Crippen LogP contribution >= 0.6 is 0 Å².